The molecule has 3 N–H and O–H groups in total. The Bertz CT molecular complexity index is 351. The highest BCUT2D eigenvalue weighted by atomic mass is 16.5. The van der Waals surface area contributed by atoms with Gasteiger partial charge in [-0.15, -0.1) is 0 Å². The quantitative estimate of drug-likeness (QED) is 0.537. The van der Waals surface area contributed by atoms with Crippen molar-refractivity contribution < 1.29 is 4.74 Å². The molecule has 0 aliphatic carbocycles. The highest BCUT2D eigenvalue weighted by Crippen LogP contribution is 2.12. The van der Waals surface area contributed by atoms with Crippen LogP contribution in [0.25, 0.3) is 0 Å². The van der Waals surface area contributed by atoms with Gasteiger partial charge in [-0.2, -0.15) is 5.10 Å². The summed E-state index contributed by atoms with van der Waals surface area (Å²) in [6.45, 7) is 5.06. The van der Waals surface area contributed by atoms with Crippen LogP contribution >= 0.6 is 0 Å². The van der Waals surface area contributed by atoms with Crippen molar-refractivity contribution in [2.75, 3.05) is 13.7 Å². The Kier molecular flexibility index (Phi) is 6.32. The van der Waals surface area contributed by atoms with Crippen molar-refractivity contribution in [2.24, 2.45) is 18.8 Å². The van der Waals surface area contributed by atoms with Crippen LogP contribution < -0.4 is 11.3 Å². The maximum atomic E-state index is 5.63. The number of nitrogens with one attached hydrogen (secondary N) is 1. The molecule has 104 valence electrons. The van der Waals surface area contributed by atoms with Gasteiger partial charge in [0, 0.05) is 38.9 Å². The van der Waals surface area contributed by atoms with Gasteiger partial charge in [-0.1, -0.05) is 13.8 Å². The fraction of sp³-hybridized carbons (Fsp3) is 0.769. The standard InChI is InChI=1S/C13H26N4O/c1-5-11-7-13(17(3)16-11)8-12(15-14)6-10(2)9-18-4/h7,10,12,15H,5-6,8-9,14H2,1-4H3. The number of hydrogen-bond acceptors (Lipinski definition) is 4. The number of methoxy groups -OCH3 is 1. The van der Waals surface area contributed by atoms with Crippen molar-refractivity contribution in [1.29, 1.82) is 0 Å². The maximum Gasteiger partial charge on any atom is 0.0624 e. The van der Waals surface area contributed by atoms with E-state index in [0.29, 0.717) is 5.92 Å². The van der Waals surface area contributed by atoms with Gasteiger partial charge < -0.3 is 4.74 Å². The predicted octanol–water partition coefficient (Wildman–Crippen LogP) is 1.03. The molecule has 1 heterocycles. The van der Waals surface area contributed by atoms with Gasteiger partial charge in [-0.05, 0) is 24.8 Å². The Balaban J connectivity index is 2.58. The van der Waals surface area contributed by atoms with Crippen molar-refractivity contribution in [3.8, 4) is 0 Å². The van der Waals surface area contributed by atoms with E-state index in [0.717, 1.165) is 31.6 Å². The lowest BCUT2D eigenvalue weighted by Crippen LogP contribution is -2.38. The third-order valence-corrected chi connectivity index (χ3v) is 3.22. The third kappa shape index (κ3) is 4.40. The molecule has 2 unspecified atom stereocenters. The second kappa shape index (κ2) is 7.51. The molecule has 0 aliphatic heterocycles. The molecular weight excluding hydrogens is 228 g/mol. The third-order valence-electron chi connectivity index (χ3n) is 3.22. The van der Waals surface area contributed by atoms with Gasteiger partial charge in [-0.25, -0.2) is 0 Å². The second-order valence-electron chi connectivity index (χ2n) is 4.97. The molecule has 0 radical (unpaired) electrons. The summed E-state index contributed by atoms with van der Waals surface area (Å²) in [5.41, 5.74) is 5.25. The topological polar surface area (TPSA) is 65.1 Å². The Morgan fingerprint density at radius 2 is 2.28 bits per heavy atom. The van der Waals surface area contributed by atoms with Gasteiger partial charge in [0.25, 0.3) is 0 Å². The van der Waals surface area contributed by atoms with E-state index in [4.69, 9.17) is 10.6 Å². The first kappa shape index (κ1) is 15.1. The Hall–Kier alpha value is -0.910. The van der Waals surface area contributed by atoms with Gasteiger partial charge in [0.05, 0.1) is 5.69 Å². The highest BCUT2D eigenvalue weighted by molar-refractivity contribution is 5.11. The smallest absolute Gasteiger partial charge is 0.0624 e. The van der Waals surface area contributed by atoms with E-state index in [2.05, 4.69) is 30.4 Å². The lowest BCUT2D eigenvalue weighted by Gasteiger charge is -2.19. The molecule has 0 aromatic carbocycles. The fourth-order valence-corrected chi connectivity index (χ4v) is 2.24. The van der Waals surface area contributed by atoms with E-state index in [1.54, 1.807) is 7.11 Å². The average Bonchev–Trinajstić information content (AvgIpc) is 2.69. The van der Waals surface area contributed by atoms with Crippen LogP contribution in [0.1, 0.15) is 31.7 Å². The van der Waals surface area contributed by atoms with E-state index in [1.165, 1.54) is 5.69 Å². The minimum Gasteiger partial charge on any atom is -0.384 e. The summed E-state index contributed by atoms with van der Waals surface area (Å²) >= 11 is 0. The molecular formula is C13H26N4O. The van der Waals surface area contributed by atoms with Crippen LogP contribution in [0.5, 0.6) is 0 Å². The second-order valence-corrected chi connectivity index (χ2v) is 4.97. The van der Waals surface area contributed by atoms with Crippen molar-refractivity contribution in [1.82, 2.24) is 15.2 Å². The fourth-order valence-electron chi connectivity index (χ4n) is 2.24. The number of nitrogens with zero attached hydrogens (tertiary/aromatic N) is 2. The number of aryl methyl sites for hydroxylation is 2. The SMILES string of the molecule is CCc1cc(CC(CC(C)COC)NN)n(C)n1. The molecule has 5 nitrogen and oxygen atoms in total. The Labute approximate surface area is 110 Å². The molecule has 0 spiro atoms. The van der Waals surface area contributed by atoms with Crippen LogP contribution in [-0.4, -0.2) is 29.5 Å². The first-order valence-corrected chi connectivity index (χ1v) is 6.57. The van der Waals surface area contributed by atoms with Crippen LogP contribution in [-0.2, 0) is 24.6 Å². The van der Waals surface area contributed by atoms with Crippen LogP contribution in [0.2, 0.25) is 0 Å². The van der Waals surface area contributed by atoms with Crippen LogP contribution in [0.4, 0.5) is 0 Å². The van der Waals surface area contributed by atoms with E-state index in [9.17, 15) is 0 Å². The average molecular weight is 254 g/mol. The zero-order chi connectivity index (χ0) is 13.5. The number of nitrogens with two attached hydrogens (primary N) is 1. The van der Waals surface area contributed by atoms with Gasteiger partial charge in [0.2, 0.25) is 0 Å². The van der Waals surface area contributed by atoms with Gasteiger partial charge >= 0.3 is 0 Å². The monoisotopic (exact) mass is 254 g/mol. The van der Waals surface area contributed by atoms with Crippen LogP contribution in [0.3, 0.4) is 0 Å². The maximum absolute atomic E-state index is 5.63. The molecule has 5 heteroatoms. The van der Waals surface area contributed by atoms with E-state index in [1.807, 2.05) is 11.7 Å². The number of rotatable bonds is 8. The van der Waals surface area contributed by atoms with E-state index in [-0.39, 0.29) is 6.04 Å². The first-order valence-electron chi connectivity index (χ1n) is 6.57. The lowest BCUT2D eigenvalue weighted by atomic mass is 9.99. The molecule has 0 amide bonds. The van der Waals surface area contributed by atoms with Crippen molar-refractivity contribution in [3.05, 3.63) is 17.5 Å². The highest BCUT2D eigenvalue weighted by Gasteiger charge is 2.15. The molecule has 0 saturated carbocycles. The molecule has 18 heavy (non-hydrogen) atoms. The van der Waals surface area contributed by atoms with Crippen LogP contribution in [0, 0.1) is 5.92 Å². The summed E-state index contributed by atoms with van der Waals surface area (Å²) in [5.74, 6) is 6.13. The van der Waals surface area contributed by atoms with Gasteiger partial charge in [0.1, 0.15) is 0 Å². The van der Waals surface area contributed by atoms with E-state index < -0.39 is 0 Å². The molecule has 1 aromatic heterocycles. The molecule has 0 fully saturated rings. The van der Waals surface area contributed by atoms with E-state index >= 15 is 0 Å². The minimum atomic E-state index is 0.259. The largest absolute Gasteiger partial charge is 0.384 e. The number of aromatic nitrogens is 2. The molecule has 1 rings (SSSR count). The predicted molar refractivity (Wildman–Crippen MR) is 73.1 cm³/mol. The number of hydrogen-bond donors (Lipinski definition) is 2. The summed E-state index contributed by atoms with van der Waals surface area (Å²) in [5, 5.41) is 4.46. The Morgan fingerprint density at radius 1 is 1.56 bits per heavy atom. The first-order chi connectivity index (χ1) is 8.60. The van der Waals surface area contributed by atoms with Gasteiger partial charge in [-0.3, -0.25) is 16.0 Å². The van der Waals surface area contributed by atoms with Crippen molar-refractivity contribution >= 4 is 0 Å². The molecule has 1 aromatic rings. The number of hydrazine groups is 1. The van der Waals surface area contributed by atoms with Crippen molar-refractivity contribution in [2.45, 2.75) is 39.2 Å². The van der Waals surface area contributed by atoms with Crippen LogP contribution in [0.15, 0.2) is 6.07 Å². The summed E-state index contributed by atoms with van der Waals surface area (Å²) in [7, 11) is 3.72. The Morgan fingerprint density at radius 3 is 2.78 bits per heavy atom. The van der Waals surface area contributed by atoms with Gasteiger partial charge in [0.15, 0.2) is 0 Å². The zero-order valence-corrected chi connectivity index (χ0v) is 11.9. The van der Waals surface area contributed by atoms with Crippen molar-refractivity contribution in [3.63, 3.8) is 0 Å². The number of ether oxygens (including phenoxy) is 1. The molecule has 0 saturated heterocycles. The summed E-state index contributed by atoms with van der Waals surface area (Å²) in [6.07, 6.45) is 2.86. The normalized spacial score (nSPS) is 14.7. The zero-order valence-electron chi connectivity index (χ0n) is 11.9. The summed E-state index contributed by atoms with van der Waals surface area (Å²) in [4.78, 5) is 0. The lowest BCUT2D eigenvalue weighted by molar-refractivity contribution is 0.149. The minimum absolute atomic E-state index is 0.259. The summed E-state index contributed by atoms with van der Waals surface area (Å²) < 4.78 is 7.11. The molecule has 2 atom stereocenters. The molecule has 0 aliphatic rings. The summed E-state index contributed by atoms with van der Waals surface area (Å²) in [6, 6.07) is 2.42. The molecule has 0 bridgehead atoms.